The van der Waals surface area contributed by atoms with E-state index in [1.165, 1.54) is 22.3 Å². The second-order valence-electron chi connectivity index (χ2n) is 4.84. The molecule has 1 atom stereocenters. The van der Waals surface area contributed by atoms with E-state index in [0.29, 0.717) is 0 Å². The summed E-state index contributed by atoms with van der Waals surface area (Å²) in [6.07, 6.45) is 0. The maximum Gasteiger partial charge on any atom is 0.114 e. The van der Waals surface area contributed by atoms with Crippen molar-refractivity contribution >= 4 is 11.3 Å². The molecule has 0 bridgehead atoms. The van der Waals surface area contributed by atoms with Crippen LogP contribution in [0, 0.1) is 27.7 Å². The second-order valence-corrected chi connectivity index (χ2v) is 5.73. The minimum Gasteiger partial charge on any atom is -0.307 e. The van der Waals surface area contributed by atoms with E-state index in [-0.39, 0.29) is 6.04 Å². The van der Waals surface area contributed by atoms with Crippen LogP contribution in [0.4, 0.5) is 0 Å². The van der Waals surface area contributed by atoms with Gasteiger partial charge in [0.2, 0.25) is 0 Å². The highest BCUT2D eigenvalue weighted by Gasteiger charge is 2.18. The van der Waals surface area contributed by atoms with Crippen LogP contribution in [0.25, 0.3) is 0 Å². The fourth-order valence-electron chi connectivity index (χ4n) is 2.21. The van der Waals surface area contributed by atoms with Crippen molar-refractivity contribution in [3.8, 4) is 0 Å². The largest absolute Gasteiger partial charge is 0.307 e. The molecule has 1 aromatic carbocycles. The van der Waals surface area contributed by atoms with Gasteiger partial charge in [0.1, 0.15) is 5.01 Å². The van der Waals surface area contributed by atoms with Crippen LogP contribution < -0.4 is 5.32 Å². The molecule has 0 amide bonds. The summed E-state index contributed by atoms with van der Waals surface area (Å²) in [5.41, 5.74) is 6.43. The van der Waals surface area contributed by atoms with Crippen molar-refractivity contribution in [2.75, 3.05) is 7.05 Å². The number of nitrogens with zero attached hydrogens (tertiary/aromatic N) is 1. The van der Waals surface area contributed by atoms with Gasteiger partial charge in [-0.2, -0.15) is 0 Å². The minimum absolute atomic E-state index is 0.197. The minimum atomic E-state index is 0.197. The van der Waals surface area contributed by atoms with Crippen LogP contribution in [-0.4, -0.2) is 12.0 Å². The fourth-order valence-corrected chi connectivity index (χ4v) is 3.13. The molecule has 0 spiro atoms. The third kappa shape index (κ3) is 2.47. The lowest BCUT2D eigenvalue weighted by molar-refractivity contribution is 0.680. The zero-order valence-corrected chi connectivity index (χ0v) is 12.5. The Morgan fingerprint density at radius 3 is 2.28 bits per heavy atom. The first-order chi connectivity index (χ1) is 8.52. The Kier molecular flexibility index (Phi) is 3.83. The van der Waals surface area contributed by atoms with Gasteiger partial charge >= 0.3 is 0 Å². The van der Waals surface area contributed by atoms with Crippen LogP contribution in [-0.2, 0) is 0 Å². The molecule has 0 fully saturated rings. The Hall–Kier alpha value is -1.19. The number of thiazole rings is 1. The predicted molar refractivity (Wildman–Crippen MR) is 78.4 cm³/mol. The summed E-state index contributed by atoms with van der Waals surface area (Å²) in [6, 6.07) is 4.74. The lowest BCUT2D eigenvalue weighted by atomic mass is 9.96. The zero-order valence-electron chi connectivity index (χ0n) is 11.7. The van der Waals surface area contributed by atoms with Crippen molar-refractivity contribution in [1.82, 2.24) is 10.3 Å². The molecule has 96 valence electrons. The fraction of sp³-hybridized carbons (Fsp3) is 0.400. The van der Waals surface area contributed by atoms with Crippen LogP contribution in [0.2, 0.25) is 0 Å². The van der Waals surface area contributed by atoms with Crippen LogP contribution in [0.5, 0.6) is 0 Å². The van der Waals surface area contributed by atoms with Gasteiger partial charge in [0.05, 0.1) is 6.04 Å². The molecule has 1 aromatic heterocycles. The Bertz CT molecular complexity index is 558. The quantitative estimate of drug-likeness (QED) is 0.910. The molecule has 0 aliphatic heterocycles. The molecule has 0 aliphatic carbocycles. The molecular weight excluding hydrogens is 240 g/mol. The summed E-state index contributed by atoms with van der Waals surface area (Å²) in [5, 5.41) is 6.63. The first-order valence-corrected chi connectivity index (χ1v) is 7.08. The number of nitrogens with one attached hydrogen (secondary N) is 1. The van der Waals surface area contributed by atoms with Crippen molar-refractivity contribution in [3.05, 3.63) is 50.5 Å². The van der Waals surface area contributed by atoms with E-state index in [2.05, 4.69) is 48.6 Å². The molecule has 0 radical (unpaired) electrons. The highest BCUT2D eigenvalue weighted by atomic mass is 32.1. The Balaban J connectivity index is 2.48. The summed E-state index contributed by atoms with van der Waals surface area (Å²) in [4.78, 5) is 4.61. The monoisotopic (exact) mass is 260 g/mol. The van der Waals surface area contributed by atoms with Crippen LogP contribution in [0.15, 0.2) is 17.5 Å². The molecule has 0 aliphatic rings. The van der Waals surface area contributed by atoms with Crippen molar-refractivity contribution in [2.24, 2.45) is 0 Å². The molecule has 1 heterocycles. The van der Waals surface area contributed by atoms with Gasteiger partial charge in [-0.3, -0.25) is 0 Å². The summed E-state index contributed by atoms with van der Waals surface area (Å²) < 4.78 is 0. The number of aryl methyl sites for hydroxylation is 4. The van der Waals surface area contributed by atoms with Gasteiger partial charge < -0.3 is 5.32 Å². The Morgan fingerprint density at radius 1 is 1.06 bits per heavy atom. The van der Waals surface area contributed by atoms with Crippen molar-refractivity contribution in [1.29, 1.82) is 0 Å². The molecule has 3 heteroatoms. The second kappa shape index (κ2) is 5.21. The van der Waals surface area contributed by atoms with E-state index < -0.39 is 0 Å². The third-order valence-corrected chi connectivity index (χ3v) is 4.39. The van der Waals surface area contributed by atoms with E-state index >= 15 is 0 Å². The first kappa shape index (κ1) is 13.2. The van der Waals surface area contributed by atoms with Gasteiger partial charge in [0.15, 0.2) is 0 Å². The molecule has 18 heavy (non-hydrogen) atoms. The van der Waals surface area contributed by atoms with Crippen molar-refractivity contribution < 1.29 is 0 Å². The Labute approximate surface area is 113 Å². The molecule has 0 saturated heterocycles. The van der Waals surface area contributed by atoms with Gasteiger partial charge in [-0.25, -0.2) is 4.98 Å². The highest BCUT2D eigenvalue weighted by molar-refractivity contribution is 7.09. The zero-order chi connectivity index (χ0) is 13.3. The summed E-state index contributed by atoms with van der Waals surface area (Å²) >= 11 is 1.72. The molecule has 0 saturated carbocycles. The average Bonchev–Trinajstić information content (AvgIpc) is 2.73. The number of rotatable bonds is 3. The van der Waals surface area contributed by atoms with Gasteiger partial charge in [0.25, 0.3) is 0 Å². The van der Waals surface area contributed by atoms with Crippen LogP contribution in [0.3, 0.4) is 0 Å². The van der Waals surface area contributed by atoms with Crippen molar-refractivity contribution in [2.45, 2.75) is 33.7 Å². The number of hydrogen-bond acceptors (Lipinski definition) is 3. The van der Waals surface area contributed by atoms with E-state index in [1.54, 1.807) is 11.3 Å². The SMILES string of the molecule is CNC(c1nc(C)cs1)c1cc(C)c(C)cc1C. The molecule has 1 unspecified atom stereocenters. The van der Waals surface area contributed by atoms with Gasteiger partial charge in [-0.05, 0) is 57.0 Å². The molecule has 2 rings (SSSR count). The third-order valence-electron chi connectivity index (χ3n) is 3.37. The Morgan fingerprint density at radius 2 is 1.72 bits per heavy atom. The molecule has 2 aromatic rings. The maximum atomic E-state index is 4.61. The summed E-state index contributed by atoms with van der Waals surface area (Å²) in [5.74, 6) is 0. The van der Waals surface area contributed by atoms with Gasteiger partial charge in [-0.1, -0.05) is 12.1 Å². The predicted octanol–water partition coefficient (Wildman–Crippen LogP) is 3.69. The number of aromatic nitrogens is 1. The number of benzene rings is 1. The lowest BCUT2D eigenvalue weighted by Gasteiger charge is -2.18. The van der Waals surface area contributed by atoms with Crippen LogP contribution >= 0.6 is 11.3 Å². The standard InChI is InChI=1S/C15H20N2S/c1-9-6-11(3)13(7-10(9)2)14(16-5)15-17-12(4)8-18-15/h6-8,14,16H,1-5H3. The number of hydrogen-bond donors (Lipinski definition) is 1. The van der Waals surface area contributed by atoms with Crippen LogP contribution in [0.1, 0.15) is 39.0 Å². The van der Waals surface area contributed by atoms with E-state index in [0.717, 1.165) is 10.7 Å². The molecular formula is C15H20N2S. The summed E-state index contributed by atoms with van der Waals surface area (Å²) in [6.45, 7) is 8.54. The van der Waals surface area contributed by atoms with Gasteiger partial charge in [0, 0.05) is 11.1 Å². The topological polar surface area (TPSA) is 24.9 Å². The normalized spacial score (nSPS) is 12.7. The van der Waals surface area contributed by atoms with Gasteiger partial charge in [-0.15, -0.1) is 11.3 Å². The maximum absolute atomic E-state index is 4.61. The van der Waals surface area contributed by atoms with Crippen molar-refractivity contribution in [3.63, 3.8) is 0 Å². The van der Waals surface area contributed by atoms with E-state index in [1.807, 2.05) is 14.0 Å². The average molecular weight is 260 g/mol. The molecule has 2 nitrogen and oxygen atoms in total. The summed E-state index contributed by atoms with van der Waals surface area (Å²) in [7, 11) is 2.00. The first-order valence-electron chi connectivity index (χ1n) is 6.20. The lowest BCUT2D eigenvalue weighted by Crippen LogP contribution is -2.19. The molecule has 1 N–H and O–H groups in total. The highest BCUT2D eigenvalue weighted by Crippen LogP contribution is 2.28. The smallest absolute Gasteiger partial charge is 0.114 e. The van der Waals surface area contributed by atoms with E-state index in [9.17, 15) is 0 Å². The van der Waals surface area contributed by atoms with E-state index in [4.69, 9.17) is 0 Å².